The molecule has 1 saturated heterocycles. The number of rotatable bonds is 5. The van der Waals surface area contributed by atoms with E-state index in [0.717, 1.165) is 11.1 Å². The van der Waals surface area contributed by atoms with Gasteiger partial charge in [-0.1, -0.05) is 19.2 Å². The fraction of sp³-hybridized carbons (Fsp3) is 0.476. The van der Waals surface area contributed by atoms with Crippen LogP contribution in [0.4, 0.5) is 0 Å². The summed E-state index contributed by atoms with van der Waals surface area (Å²) in [6, 6.07) is 0. The lowest BCUT2D eigenvalue weighted by molar-refractivity contribution is -0.140. The first-order chi connectivity index (χ1) is 13.2. The highest BCUT2D eigenvalue weighted by Crippen LogP contribution is 2.34. The molecule has 0 amide bonds. The topological polar surface area (TPSA) is 99.1 Å². The van der Waals surface area contributed by atoms with E-state index in [1.165, 1.54) is 6.92 Å². The molecule has 2 rings (SSSR count). The maximum atomic E-state index is 12.0. The molecule has 2 aliphatic rings. The van der Waals surface area contributed by atoms with E-state index in [2.05, 4.69) is 13.2 Å². The van der Waals surface area contributed by atoms with Crippen molar-refractivity contribution in [3.05, 3.63) is 47.6 Å². The van der Waals surface area contributed by atoms with Gasteiger partial charge in [-0.05, 0) is 43.4 Å². The Kier molecular flexibility index (Phi) is 7.34. The summed E-state index contributed by atoms with van der Waals surface area (Å²) >= 11 is 0. The molecule has 0 saturated carbocycles. The van der Waals surface area contributed by atoms with Crippen molar-refractivity contribution in [2.75, 3.05) is 13.2 Å². The second kappa shape index (κ2) is 9.50. The summed E-state index contributed by atoms with van der Waals surface area (Å²) in [5, 5.41) is 10.7. The molecular formula is C21H26O7. The molecule has 1 fully saturated rings. The largest absolute Gasteiger partial charge is 0.461 e. The predicted octanol–water partition coefficient (Wildman–Crippen LogP) is 2.16. The van der Waals surface area contributed by atoms with Crippen LogP contribution in [-0.2, 0) is 28.6 Å². The van der Waals surface area contributed by atoms with Crippen LogP contribution >= 0.6 is 0 Å². The van der Waals surface area contributed by atoms with Gasteiger partial charge in [-0.25, -0.2) is 9.59 Å². The number of allylic oxidation sites excluding steroid dienone is 1. The number of carbonyl (C=O) groups is 3. The van der Waals surface area contributed by atoms with Crippen LogP contribution in [0.2, 0.25) is 0 Å². The molecule has 0 aromatic rings. The third-order valence-corrected chi connectivity index (χ3v) is 4.64. The first-order valence-electron chi connectivity index (χ1n) is 9.10. The molecule has 28 heavy (non-hydrogen) atoms. The standard InChI is InChI=1S/C21H26O7/c1-12(2)20(24)27-11-15-6-5-7-16(10-26-14(4)22)9-18-19(17(23)8-15)13(3)21(25)28-18/h6,9,17-19,23H,1,3,5,7-8,10-11H2,2,4H3/b15-6+,16-9-/t17-,18+,19-/m1/s1. The smallest absolute Gasteiger partial charge is 0.334 e. The molecule has 7 nitrogen and oxygen atoms in total. The van der Waals surface area contributed by atoms with E-state index in [0.29, 0.717) is 12.8 Å². The van der Waals surface area contributed by atoms with Crippen molar-refractivity contribution in [1.29, 1.82) is 0 Å². The van der Waals surface area contributed by atoms with E-state index < -0.39 is 36.0 Å². The Bertz CT molecular complexity index is 744. The minimum absolute atomic E-state index is 0.0183. The van der Waals surface area contributed by atoms with Gasteiger partial charge in [0.25, 0.3) is 0 Å². The van der Waals surface area contributed by atoms with Crippen molar-refractivity contribution in [2.45, 2.75) is 45.3 Å². The molecule has 1 heterocycles. The molecule has 0 bridgehead atoms. The van der Waals surface area contributed by atoms with Gasteiger partial charge in [0.05, 0.1) is 12.0 Å². The molecule has 1 aliphatic carbocycles. The number of hydrogen-bond donors (Lipinski definition) is 1. The van der Waals surface area contributed by atoms with Gasteiger partial charge >= 0.3 is 17.9 Å². The van der Waals surface area contributed by atoms with Gasteiger partial charge < -0.3 is 19.3 Å². The Morgan fingerprint density at radius 1 is 1.25 bits per heavy atom. The van der Waals surface area contributed by atoms with Gasteiger partial charge in [-0.15, -0.1) is 0 Å². The van der Waals surface area contributed by atoms with Gasteiger partial charge in [0, 0.05) is 18.1 Å². The molecule has 0 aromatic heterocycles. The van der Waals surface area contributed by atoms with E-state index in [1.807, 2.05) is 6.08 Å². The predicted molar refractivity (Wildman–Crippen MR) is 101 cm³/mol. The van der Waals surface area contributed by atoms with Crippen LogP contribution in [0.5, 0.6) is 0 Å². The highest BCUT2D eigenvalue weighted by molar-refractivity contribution is 5.91. The summed E-state index contributed by atoms with van der Waals surface area (Å²) in [6.45, 7) is 10.3. The highest BCUT2D eigenvalue weighted by Gasteiger charge is 2.42. The fourth-order valence-corrected chi connectivity index (χ4v) is 3.17. The quantitative estimate of drug-likeness (QED) is 0.332. The minimum atomic E-state index is -0.942. The molecular weight excluding hydrogens is 364 g/mol. The maximum absolute atomic E-state index is 12.0. The molecule has 0 unspecified atom stereocenters. The summed E-state index contributed by atoms with van der Waals surface area (Å²) in [6.07, 6.45) is 3.36. The van der Waals surface area contributed by atoms with E-state index in [4.69, 9.17) is 14.2 Å². The number of ether oxygens (including phenoxy) is 3. The van der Waals surface area contributed by atoms with E-state index in [1.54, 1.807) is 13.0 Å². The van der Waals surface area contributed by atoms with Crippen molar-refractivity contribution in [1.82, 2.24) is 0 Å². The van der Waals surface area contributed by atoms with Crippen molar-refractivity contribution in [3.8, 4) is 0 Å². The van der Waals surface area contributed by atoms with E-state index in [9.17, 15) is 19.5 Å². The Balaban J connectivity index is 2.24. The van der Waals surface area contributed by atoms with E-state index >= 15 is 0 Å². The van der Waals surface area contributed by atoms with Crippen molar-refractivity contribution >= 4 is 17.9 Å². The Labute approximate surface area is 164 Å². The summed E-state index contributed by atoms with van der Waals surface area (Å²) in [4.78, 5) is 34.8. The van der Waals surface area contributed by atoms with Crippen LogP contribution in [0.1, 0.15) is 33.1 Å². The average Bonchev–Trinajstić information content (AvgIpc) is 2.90. The molecule has 3 atom stereocenters. The van der Waals surface area contributed by atoms with Gasteiger partial charge in [-0.3, -0.25) is 4.79 Å². The molecule has 152 valence electrons. The van der Waals surface area contributed by atoms with Crippen molar-refractivity contribution in [3.63, 3.8) is 0 Å². The number of aliphatic hydroxyl groups is 1. The van der Waals surface area contributed by atoms with E-state index in [-0.39, 0.29) is 30.8 Å². The average molecular weight is 390 g/mol. The first kappa shape index (κ1) is 21.6. The molecule has 0 spiro atoms. The van der Waals surface area contributed by atoms with Crippen LogP contribution in [0, 0.1) is 5.92 Å². The first-order valence-corrected chi connectivity index (χ1v) is 9.10. The second-order valence-corrected chi connectivity index (χ2v) is 7.06. The van der Waals surface area contributed by atoms with Crippen LogP contribution in [0.25, 0.3) is 0 Å². The lowest BCUT2D eigenvalue weighted by atomic mass is 9.85. The van der Waals surface area contributed by atoms with Crippen LogP contribution in [0.15, 0.2) is 47.6 Å². The number of esters is 3. The molecule has 7 heteroatoms. The van der Waals surface area contributed by atoms with Crippen LogP contribution < -0.4 is 0 Å². The molecule has 0 aromatic carbocycles. The Morgan fingerprint density at radius 3 is 2.57 bits per heavy atom. The van der Waals surface area contributed by atoms with Gasteiger partial charge in [0.15, 0.2) is 0 Å². The number of hydrogen-bond acceptors (Lipinski definition) is 7. The summed E-state index contributed by atoms with van der Waals surface area (Å²) in [5.41, 5.74) is 1.98. The van der Waals surface area contributed by atoms with Gasteiger partial charge in [-0.2, -0.15) is 0 Å². The maximum Gasteiger partial charge on any atom is 0.334 e. The zero-order valence-electron chi connectivity index (χ0n) is 16.2. The normalized spacial score (nSPS) is 28.8. The SMILES string of the molecule is C=C(C)C(=O)OC/C1=C/CC/C(COC(C)=O)=C/[C@@H]2OC(=O)C(=C)[C@@H]2[C@H](O)C1. The Hall–Kier alpha value is -2.67. The summed E-state index contributed by atoms with van der Waals surface area (Å²) in [5.74, 6) is -2.11. The second-order valence-electron chi connectivity index (χ2n) is 7.06. The lowest BCUT2D eigenvalue weighted by Gasteiger charge is -2.24. The van der Waals surface area contributed by atoms with Crippen molar-refractivity contribution in [2.24, 2.45) is 5.92 Å². The van der Waals surface area contributed by atoms with Gasteiger partial charge in [0.1, 0.15) is 19.3 Å². The van der Waals surface area contributed by atoms with Gasteiger partial charge in [0.2, 0.25) is 0 Å². The minimum Gasteiger partial charge on any atom is -0.461 e. The Morgan fingerprint density at radius 2 is 1.93 bits per heavy atom. The number of carbonyl (C=O) groups excluding carboxylic acids is 3. The van der Waals surface area contributed by atoms with Crippen molar-refractivity contribution < 1.29 is 33.7 Å². The number of aliphatic hydroxyl groups excluding tert-OH is 1. The third-order valence-electron chi connectivity index (χ3n) is 4.64. The highest BCUT2D eigenvalue weighted by atomic mass is 16.6. The third kappa shape index (κ3) is 5.66. The van der Waals surface area contributed by atoms with Crippen LogP contribution in [-0.4, -0.2) is 48.4 Å². The molecule has 1 aliphatic heterocycles. The summed E-state index contributed by atoms with van der Waals surface area (Å²) in [7, 11) is 0. The monoisotopic (exact) mass is 390 g/mol. The zero-order valence-corrected chi connectivity index (χ0v) is 16.2. The molecule has 0 radical (unpaired) electrons. The lowest BCUT2D eigenvalue weighted by Crippen LogP contribution is -2.30. The summed E-state index contributed by atoms with van der Waals surface area (Å²) < 4.78 is 15.6. The fourth-order valence-electron chi connectivity index (χ4n) is 3.17. The van der Waals surface area contributed by atoms with Crippen LogP contribution in [0.3, 0.4) is 0 Å². The number of fused-ring (bicyclic) bond motifs is 1. The zero-order chi connectivity index (χ0) is 20.8. The molecule has 1 N–H and O–H groups in total.